The molecule has 0 amide bonds. The van der Waals surface area contributed by atoms with Gasteiger partial charge in [0.25, 0.3) is 10.2 Å². The summed E-state index contributed by atoms with van der Waals surface area (Å²) in [5, 5.41) is 4.22. The zero-order valence-electron chi connectivity index (χ0n) is 12.6. The predicted octanol–water partition coefficient (Wildman–Crippen LogP) is -0.960. The first kappa shape index (κ1) is 16.3. The molecule has 0 aliphatic carbocycles. The third-order valence-corrected chi connectivity index (χ3v) is 4.58. The highest BCUT2D eigenvalue weighted by atomic mass is 32.2. The van der Waals surface area contributed by atoms with E-state index in [1.807, 2.05) is 0 Å². The fourth-order valence-corrected chi connectivity index (χ4v) is 2.40. The normalized spacial score (nSPS) is 12.0. The molecule has 9 nitrogen and oxygen atoms in total. The molecule has 0 bridgehead atoms. The predicted molar refractivity (Wildman–Crippen MR) is 81.3 cm³/mol. The summed E-state index contributed by atoms with van der Waals surface area (Å²) in [5.41, 5.74) is 0.401. The molecule has 0 spiro atoms. The van der Waals surface area contributed by atoms with Gasteiger partial charge >= 0.3 is 5.69 Å². The lowest BCUT2D eigenvalue weighted by Gasteiger charge is -2.11. The number of nitrogens with one attached hydrogen (secondary N) is 1. The maximum absolute atomic E-state index is 12.1. The second-order valence-corrected chi connectivity index (χ2v) is 6.78. The summed E-state index contributed by atoms with van der Waals surface area (Å²) in [7, 11) is 0.949. The molecular formula is C12H18N6O3S. The van der Waals surface area contributed by atoms with Crippen LogP contribution in [0.4, 0.5) is 0 Å². The minimum Gasteiger partial charge on any atom is -0.278 e. The molecule has 0 fully saturated rings. The highest BCUT2D eigenvalue weighted by Gasteiger charge is 2.14. The van der Waals surface area contributed by atoms with Gasteiger partial charge in [0.05, 0.1) is 6.54 Å². The van der Waals surface area contributed by atoms with Crippen molar-refractivity contribution in [2.24, 2.45) is 7.05 Å². The summed E-state index contributed by atoms with van der Waals surface area (Å²) in [4.78, 5) is 16.1. The van der Waals surface area contributed by atoms with Gasteiger partial charge in [-0.15, -0.1) is 5.10 Å². The highest BCUT2D eigenvalue weighted by molar-refractivity contribution is 7.87. The first-order valence-corrected chi connectivity index (χ1v) is 7.98. The Morgan fingerprint density at radius 3 is 2.68 bits per heavy atom. The van der Waals surface area contributed by atoms with Crippen LogP contribution in [-0.2, 0) is 23.8 Å². The van der Waals surface area contributed by atoms with Gasteiger partial charge in [-0.1, -0.05) is 0 Å². The Kier molecular flexibility index (Phi) is 4.74. The maximum Gasteiger partial charge on any atom is 0.345 e. The smallest absolute Gasteiger partial charge is 0.278 e. The summed E-state index contributed by atoms with van der Waals surface area (Å²) in [6.45, 7) is 0.212. The monoisotopic (exact) mass is 326 g/mol. The van der Waals surface area contributed by atoms with E-state index in [0.29, 0.717) is 5.82 Å². The summed E-state index contributed by atoms with van der Waals surface area (Å²) in [5.74, 6) is 0.480. The third kappa shape index (κ3) is 3.40. The molecular weight excluding hydrogens is 308 g/mol. The van der Waals surface area contributed by atoms with Crippen molar-refractivity contribution in [2.45, 2.75) is 6.54 Å². The standard InChI is InChI=1S/C12H18N6O3S/c1-16(2)22(20,21)14-7-8-18-12(19)17(3)11(15-18)10-5-4-6-13-9-10/h4-6,9,14H,7-8H2,1-3H3. The van der Waals surface area contributed by atoms with Crippen LogP contribution in [-0.4, -0.2) is 52.7 Å². The van der Waals surface area contributed by atoms with Gasteiger partial charge in [-0.2, -0.15) is 12.7 Å². The topological polar surface area (TPSA) is 102 Å². The molecule has 0 saturated heterocycles. The first-order valence-electron chi connectivity index (χ1n) is 6.54. The average molecular weight is 326 g/mol. The molecule has 2 aromatic rings. The van der Waals surface area contributed by atoms with Gasteiger partial charge in [0.2, 0.25) is 0 Å². The highest BCUT2D eigenvalue weighted by Crippen LogP contribution is 2.12. The van der Waals surface area contributed by atoms with Gasteiger partial charge < -0.3 is 0 Å². The van der Waals surface area contributed by atoms with E-state index < -0.39 is 10.2 Å². The molecule has 2 heterocycles. The van der Waals surface area contributed by atoms with E-state index in [1.54, 1.807) is 31.6 Å². The molecule has 120 valence electrons. The summed E-state index contributed by atoms with van der Waals surface area (Å²) in [6.07, 6.45) is 3.25. The van der Waals surface area contributed by atoms with Crippen molar-refractivity contribution in [1.29, 1.82) is 0 Å². The van der Waals surface area contributed by atoms with Crippen molar-refractivity contribution in [3.05, 3.63) is 35.0 Å². The van der Waals surface area contributed by atoms with Crippen LogP contribution in [0.25, 0.3) is 11.4 Å². The van der Waals surface area contributed by atoms with Gasteiger partial charge in [0.15, 0.2) is 5.82 Å². The average Bonchev–Trinajstić information content (AvgIpc) is 2.76. The number of nitrogens with zero attached hydrogens (tertiary/aromatic N) is 5. The Morgan fingerprint density at radius 1 is 1.36 bits per heavy atom. The zero-order chi connectivity index (χ0) is 16.3. The molecule has 0 aliphatic heterocycles. The molecule has 22 heavy (non-hydrogen) atoms. The summed E-state index contributed by atoms with van der Waals surface area (Å²) >= 11 is 0. The van der Waals surface area contributed by atoms with E-state index in [1.165, 1.54) is 23.3 Å². The quantitative estimate of drug-likeness (QED) is 0.736. The number of rotatable bonds is 6. The Balaban J connectivity index is 2.16. The van der Waals surface area contributed by atoms with Crippen LogP contribution in [0.1, 0.15) is 0 Å². The lowest BCUT2D eigenvalue weighted by atomic mass is 10.3. The Bertz CT molecular complexity index is 794. The maximum atomic E-state index is 12.1. The molecule has 2 aromatic heterocycles. The third-order valence-electron chi connectivity index (χ3n) is 3.05. The molecule has 0 atom stereocenters. The largest absolute Gasteiger partial charge is 0.345 e. The van der Waals surface area contributed by atoms with E-state index in [2.05, 4.69) is 14.8 Å². The van der Waals surface area contributed by atoms with Gasteiger partial charge in [-0.05, 0) is 12.1 Å². The Hall–Kier alpha value is -2.04. The van der Waals surface area contributed by atoms with Gasteiger partial charge in [-0.3, -0.25) is 9.55 Å². The first-order chi connectivity index (χ1) is 10.3. The van der Waals surface area contributed by atoms with Gasteiger partial charge in [0.1, 0.15) is 0 Å². The molecule has 1 N–H and O–H groups in total. The van der Waals surface area contributed by atoms with Gasteiger partial charge in [0, 0.05) is 45.6 Å². The molecule has 2 rings (SSSR count). The second kappa shape index (κ2) is 6.38. The van der Waals surface area contributed by atoms with E-state index >= 15 is 0 Å². The zero-order valence-corrected chi connectivity index (χ0v) is 13.4. The Labute approximate surface area is 128 Å². The lowest BCUT2D eigenvalue weighted by molar-refractivity contribution is 0.495. The SMILES string of the molecule is CN(C)S(=O)(=O)NCCn1nc(-c2cccnc2)n(C)c1=O. The van der Waals surface area contributed by atoms with Crippen molar-refractivity contribution < 1.29 is 8.42 Å². The van der Waals surface area contributed by atoms with Crippen molar-refractivity contribution in [2.75, 3.05) is 20.6 Å². The van der Waals surface area contributed by atoms with Crippen LogP contribution >= 0.6 is 0 Å². The lowest BCUT2D eigenvalue weighted by Crippen LogP contribution is -2.38. The van der Waals surface area contributed by atoms with Gasteiger partial charge in [-0.25, -0.2) is 14.2 Å². The molecule has 0 aromatic carbocycles. The van der Waals surface area contributed by atoms with Crippen LogP contribution in [0, 0.1) is 0 Å². The van der Waals surface area contributed by atoms with Crippen LogP contribution in [0.15, 0.2) is 29.3 Å². The fourth-order valence-electron chi connectivity index (χ4n) is 1.79. The molecule has 0 radical (unpaired) electrons. The van der Waals surface area contributed by atoms with Crippen molar-refractivity contribution in [1.82, 2.24) is 28.4 Å². The molecule has 0 unspecified atom stereocenters. The van der Waals surface area contributed by atoms with E-state index in [0.717, 1.165) is 9.87 Å². The number of pyridine rings is 1. The molecule has 10 heteroatoms. The Morgan fingerprint density at radius 2 is 2.09 bits per heavy atom. The van der Waals surface area contributed by atoms with E-state index in [4.69, 9.17) is 0 Å². The number of hydrogen-bond donors (Lipinski definition) is 1. The summed E-state index contributed by atoms with van der Waals surface area (Å²) in [6, 6.07) is 3.55. The van der Waals surface area contributed by atoms with E-state index in [-0.39, 0.29) is 18.8 Å². The van der Waals surface area contributed by atoms with Crippen LogP contribution in [0.3, 0.4) is 0 Å². The van der Waals surface area contributed by atoms with Crippen LogP contribution in [0.5, 0.6) is 0 Å². The number of hydrogen-bond acceptors (Lipinski definition) is 5. The van der Waals surface area contributed by atoms with Crippen molar-refractivity contribution in [3.63, 3.8) is 0 Å². The molecule has 0 aliphatic rings. The van der Waals surface area contributed by atoms with E-state index in [9.17, 15) is 13.2 Å². The van der Waals surface area contributed by atoms with Crippen LogP contribution < -0.4 is 10.4 Å². The fraction of sp³-hybridized carbons (Fsp3) is 0.417. The molecule has 0 saturated carbocycles. The van der Waals surface area contributed by atoms with Crippen LogP contribution in [0.2, 0.25) is 0 Å². The van der Waals surface area contributed by atoms with Crippen molar-refractivity contribution in [3.8, 4) is 11.4 Å². The van der Waals surface area contributed by atoms with Crippen molar-refractivity contribution >= 4 is 10.2 Å². The number of aromatic nitrogens is 4. The minimum absolute atomic E-state index is 0.0733. The summed E-state index contributed by atoms with van der Waals surface area (Å²) < 4.78 is 29.3. The minimum atomic E-state index is -3.51. The second-order valence-electron chi connectivity index (χ2n) is 4.81.